The standard InChI is InChI=1S/C18H16FN3O3S/c1-11-9-16(15-8-3-12(19)10-17(15)20-11)18(23)21-13-4-6-14(7-5-13)22-26(2,24)25/h3-10,22H,1-2H3,(H,21,23). The molecule has 0 aliphatic carbocycles. The largest absolute Gasteiger partial charge is 0.322 e. The van der Waals surface area contributed by atoms with Gasteiger partial charge in [0, 0.05) is 28.5 Å². The summed E-state index contributed by atoms with van der Waals surface area (Å²) in [5.41, 5.74) is 2.28. The van der Waals surface area contributed by atoms with Crippen molar-refractivity contribution < 1.29 is 17.6 Å². The lowest BCUT2D eigenvalue weighted by atomic mass is 10.1. The number of nitrogens with one attached hydrogen (secondary N) is 2. The first-order valence-electron chi connectivity index (χ1n) is 7.67. The molecule has 1 aromatic heterocycles. The van der Waals surface area contributed by atoms with Gasteiger partial charge < -0.3 is 5.32 Å². The molecule has 0 atom stereocenters. The molecule has 0 spiro atoms. The van der Waals surface area contributed by atoms with Crippen LogP contribution in [-0.4, -0.2) is 25.6 Å². The summed E-state index contributed by atoms with van der Waals surface area (Å²) >= 11 is 0. The van der Waals surface area contributed by atoms with Gasteiger partial charge in [0.25, 0.3) is 5.91 Å². The van der Waals surface area contributed by atoms with Crippen LogP contribution in [0.3, 0.4) is 0 Å². The SMILES string of the molecule is Cc1cc(C(=O)Nc2ccc(NS(C)(=O)=O)cc2)c2ccc(F)cc2n1. The quantitative estimate of drug-likeness (QED) is 0.734. The zero-order chi connectivity index (χ0) is 18.9. The van der Waals surface area contributed by atoms with Gasteiger partial charge in [-0.3, -0.25) is 14.5 Å². The van der Waals surface area contributed by atoms with Gasteiger partial charge in [-0.1, -0.05) is 0 Å². The summed E-state index contributed by atoms with van der Waals surface area (Å²) in [6.45, 7) is 1.73. The molecule has 0 aliphatic rings. The Bertz CT molecular complexity index is 1090. The molecule has 26 heavy (non-hydrogen) atoms. The van der Waals surface area contributed by atoms with Gasteiger partial charge in [-0.2, -0.15) is 0 Å². The molecule has 1 amide bonds. The van der Waals surface area contributed by atoms with Gasteiger partial charge >= 0.3 is 0 Å². The molecular weight excluding hydrogens is 357 g/mol. The molecule has 6 nitrogen and oxygen atoms in total. The number of nitrogens with zero attached hydrogens (tertiary/aromatic N) is 1. The number of anilines is 2. The second-order valence-electron chi connectivity index (χ2n) is 5.88. The maximum Gasteiger partial charge on any atom is 0.256 e. The summed E-state index contributed by atoms with van der Waals surface area (Å²) in [5.74, 6) is -0.785. The Kier molecular flexibility index (Phi) is 4.60. The van der Waals surface area contributed by atoms with Gasteiger partial charge in [0.05, 0.1) is 17.3 Å². The number of fused-ring (bicyclic) bond motifs is 1. The highest BCUT2D eigenvalue weighted by atomic mass is 32.2. The van der Waals surface area contributed by atoms with Crippen molar-refractivity contribution in [1.82, 2.24) is 4.98 Å². The maximum atomic E-state index is 13.4. The molecule has 2 N–H and O–H groups in total. The minimum atomic E-state index is -3.36. The number of aryl methyl sites for hydroxylation is 1. The Morgan fingerprint density at radius 1 is 1.04 bits per heavy atom. The second-order valence-corrected chi connectivity index (χ2v) is 7.63. The van der Waals surface area contributed by atoms with E-state index in [-0.39, 0.29) is 5.91 Å². The fourth-order valence-corrected chi connectivity index (χ4v) is 3.12. The fourth-order valence-electron chi connectivity index (χ4n) is 2.56. The predicted octanol–water partition coefficient (Wildman–Crippen LogP) is 3.31. The Morgan fingerprint density at radius 3 is 2.35 bits per heavy atom. The van der Waals surface area contributed by atoms with Crippen LogP contribution in [0.2, 0.25) is 0 Å². The van der Waals surface area contributed by atoms with E-state index in [1.54, 1.807) is 37.3 Å². The van der Waals surface area contributed by atoms with Crippen LogP contribution >= 0.6 is 0 Å². The van der Waals surface area contributed by atoms with Crippen LogP contribution < -0.4 is 10.0 Å². The van der Waals surface area contributed by atoms with Gasteiger partial charge in [0.1, 0.15) is 5.82 Å². The molecule has 8 heteroatoms. The molecule has 134 valence electrons. The van der Waals surface area contributed by atoms with E-state index in [4.69, 9.17) is 0 Å². The van der Waals surface area contributed by atoms with E-state index >= 15 is 0 Å². The minimum absolute atomic E-state index is 0.365. The van der Waals surface area contributed by atoms with E-state index in [2.05, 4.69) is 15.0 Å². The predicted molar refractivity (Wildman–Crippen MR) is 99.3 cm³/mol. The molecule has 0 saturated carbocycles. The van der Waals surface area contributed by atoms with Crippen molar-refractivity contribution in [2.75, 3.05) is 16.3 Å². The summed E-state index contributed by atoms with van der Waals surface area (Å²) in [5, 5.41) is 3.29. The molecule has 0 unspecified atom stereocenters. The van der Waals surface area contributed by atoms with Crippen molar-refractivity contribution in [3.63, 3.8) is 0 Å². The van der Waals surface area contributed by atoms with Crippen LogP contribution in [0.25, 0.3) is 10.9 Å². The molecule has 0 bridgehead atoms. The number of benzene rings is 2. The topological polar surface area (TPSA) is 88.2 Å². The van der Waals surface area contributed by atoms with Crippen LogP contribution in [0.1, 0.15) is 16.1 Å². The Balaban J connectivity index is 1.87. The molecular formula is C18H16FN3O3S. The Hall–Kier alpha value is -3.00. The van der Waals surface area contributed by atoms with Crippen LogP contribution in [-0.2, 0) is 10.0 Å². The zero-order valence-corrected chi connectivity index (χ0v) is 14.9. The van der Waals surface area contributed by atoms with Crippen LogP contribution in [0.5, 0.6) is 0 Å². The third-order valence-electron chi connectivity index (χ3n) is 3.59. The molecule has 0 saturated heterocycles. The lowest BCUT2D eigenvalue weighted by molar-refractivity contribution is 0.102. The maximum absolute atomic E-state index is 13.4. The summed E-state index contributed by atoms with van der Waals surface area (Å²) in [7, 11) is -3.36. The first kappa shape index (κ1) is 17.8. The van der Waals surface area contributed by atoms with Crippen molar-refractivity contribution in [2.45, 2.75) is 6.92 Å². The third kappa shape index (κ3) is 4.15. The number of sulfonamides is 1. The summed E-state index contributed by atoms with van der Waals surface area (Å²) in [6.07, 6.45) is 1.06. The number of halogens is 1. The van der Waals surface area contributed by atoms with Crippen molar-refractivity contribution in [3.05, 3.63) is 65.6 Å². The van der Waals surface area contributed by atoms with E-state index < -0.39 is 15.8 Å². The molecule has 0 fully saturated rings. The third-order valence-corrected chi connectivity index (χ3v) is 4.20. The van der Waals surface area contributed by atoms with Crippen molar-refractivity contribution in [1.29, 1.82) is 0 Å². The smallest absolute Gasteiger partial charge is 0.256 e. The number of carbonyl (C=O) groups is 1. The summed E-state index contributed by atoms with van der Waals surface area (Å²) < 4.78 is 38.2. The van der Waals surface area contributed by atoms with Crippen molar-refractivity contribution in [3.8, 4) is 0 Å². The van der Waals surface area contributed by atoms with Gasteiger partial charge in [0.15, 0.2) is 0 Å². The van der Waals surface area contributed by atoms with Gasteiger partial charge in [-0.15, -0.1) is 0 Å². The van der Waals surface area contributed by atoms with Crippen LogP contribution in [0.15, 0.2) is 48.5 Å². The van der Waals surface area contributed by atoms with Gasteiger partial charge in [-0.05, 0) is 49.4 Å². The number of amides is 1. The average Bonchev–Trinajstić information content (AvgIpc) is 2.54. The first-order valence-corrected chi connectivity index (χ1v) is 9.56. The zero-order valence-electron chi connectivity index (χ0n) is 14.1. The number of carbonyl (C=O) groups excluding carboxylic acids is 1. The monoisotopic (exact) mass is 373 g/mol. The normalized spacial score (nSPS) is 11.3. The Morgan fingerprint density at radius 2 is 1.69 bits per heavy atom. The van der Waals surface area contributed by atoms with E-state index in [0.29, 0.717) is 33.5 Å². The molecule has 0 radical (unpaired) electrons. The highest BCUT2D eigenvalue weighted by Crippen LogP contribution is 2.21. The highest BCUT2D eigenvalue weighted by Gasteiger charge is 2.13. The number of aromatic nitrogens is 1. The molecule has 3 rings (SSSR count). The highest BCUT2D eigenvalue weighted by molar-refractivity contribution is 7.92. The van der Waals surface area contributed by atoms with Gasteiger partial charge in [0.2, 0.25) is 10.0 Å². The van der Waals surface area contributed by atoms with E-state index in [9.17, 15) is 17.6 Å². The average molecular weight is 373 g/mol. The number of pyridine rings is 1. The molecule has 2 aromatic carbocycles. The van der Waals surface area contributed by atoms with Crippen LogP contribution in [0.4, 0.5) is 15.8 Å². The lowest BCUT2D eigenvalue weighted by Crippen LogP contribution is -2.13. The van der Waals surface area contributed by atoms with E-state index in [1.165, 1.54) is 18.2 Å². The number of rotatable bonds is 4. The molecule has 0 aliphatic heterocycles. The molecule has 3 aromatic rings. The van der Waals surface area contributed by atoms with Gasteiger partial charge in [-0.25, -0.2) is 12.8 Å². The van der Waals surface area contributed by atoms with Crippen molar-refractivity contribution in [2.24, 2.45) is 0 Å². The van der Waals surface area contributed by atoms with E-state index in [1.807, 2.05) is 0 Å². The van der Waals surface area contributed by atoms with E-state index in [0.717, 1.165) is 6.26 Å². The first-order chi connectivity index (χ1) is 12.2. The summed E-state index contributed by atoms with van der Waals surface area (Å²) in [4.78, 5) is 16.9. The van der Waals surface area contributed by atoms with Crippen molar-refractivity contribution >= 4 is 38.2 Å². The summed E-state index contributed by atoms with van der Waals surface area (Å²) in [6, 6.07) is 12.0. The Labute approximate surface area is 150 Å². The number of hydrogen-bond acceptors (Lipinski definition) is 4. The molecule has 1 heterocycles. The minimum Gasteiger partial charge on any atom is -0.322 e. The lowest BCUT2D eigenvalue weighted by Gasteiger charge is -2.10. The fraction of sp³-hybridized carbons (Fsp3) is 0.111. The second kappa shape index (κ2) is 6.72. The van der Waals surface area contributed by atoms with Crippen LogP contribution in [0, 0.1) is 12.7 Å². The number of hydrogen-bond donors (Lipinski definition) is 2.